The standard InChI is InChI=1S/C16H23NO3/c1-15(2)9-8-13(20-15)10-16(11-17,14(18)19)12-6-4-3-5-7-12/h3-7,13H,8-11,17H2,1-2H3,(H,18,19). The van der Waals surface area contributed by atoms with Gasteiger partial charge in [0.25, 0.3) is 0 Å². The van der Waals surface area contributed by atoms with Crippen LogP contribution in [0.5, 0.6) is 0 Å². The van der Waals surface area contributed by atoms with E-state index in [1.807, 2.05) is 44.2 Å². The summed E-state index contributed by atoms with van der Waals surface area (Å²) in [6.07, 6.45) is 2.21. The lowest BCUT2D eigenvalue weighted by atomic mass is 9.75. The quantitative estimate of drug-likeness (QED) is 0.866. The Hall–Kier alpha value is -1.39. The molecular weight excluding hydrogens is 254 g/mol. The Morgan fingerprint density at radius 1 is 1.45 bits per heavy atom. The van der Waals surface area contributed by atoms with Gasteiger partial charge in [-0.05, 0) is 38.7 Å². The average molecular weight is 277 g/mol. The third kappa shape index (κ3) is 2.86. The Kier molecular flexibility index (Phi) is 4.16. The number of nitrogens with two attached hydrogens (primary N) is 1. The molecule has 1 aromatic carbocycles. The molecule has 0 spiro atoms. The first-order valence-electron chi connectivity index (χ1n) is 7.06. The molecule has 0 saturated carbocycles. The molecule has 4 nitrogen and oxygen atoms in total. The summed E-state index contributed by atoms with van der Waals surface area (Å²) < 4.78 is 5.96. The van der Waals surface area contributed by atoms with E-state index >= 15 is 0 Å². The molecule has 3 N–H and O–H groups in total. The van der Waals surface area contributed by atoms with Gasteiger partial charge in [-0.2, -0.15) is 0 Å². The van der Waals surface area contributed by atoms with Crippen molar-refractivity contribution in [3.63, 3.8) is 0 Å². The molecular formula is C16H23NO3. The van der Waals surface area contributed by atoms with Crippen LogP contribution in [0.25, 0.3) is 0 Å². The Balaban J connectivity index is 2.27. The predicted molar refractivity (Wildman–Crippen MR) is 77.6 cm³/mol. The van der Waals surface area contributed by atoms with Gasteiger partial charge >= 0.3 is 5.97 Å². The van der Waals surface area contributed by atoms with Gasteiger partial charge in [-0.15, -0.1) is 0 Å². The molecule has 2 unspecified atom stereocenters. The largest absolute Gasteiger partial charge is 0.481 e. The van der Waals surface area contributed by atoms with Gasteiger partial charge in [0.2, 0.25) is 0 Å². The van der Waals surface area contributed by atoms with E-state index in [9.17, 15) is 9.90 Å². The normalized spacial score (nSPS) is 24.2. The van der Waals surface area contributed by atoms with Gasteiger partial charge in [-0.25, -0.2) is 0 Å². The molecule has 1 heterocycles. The van der Waals surface area contributed by atoms with E-state index < -0.39 is 11.4 Å². The fourth-order valence-electron chi connectivity index (χ4n) is 2.98. The van der Waals surface area contributed by atoms with Crippen molar-refractivity contribution < 1.29 is 14.6 Å². The highest BCUT2D eigenvalue weighted by atomic mass is 16.5. The van der Waals surface area contributed by atoms with Crippen molar-refractivity contribution in [3.05, 3.63) is 35.9 Å². The van der Waals surface area contributed by atoms with Crippen LogP contribution < -0.4 is 5.73 Å². The van der Waals surface area contributed by atoms with Crippen LogP contribution in [-0.2, 0) is 14.9 Å². The topological polar surface area (TPSA) is 72.6 Å². The molecule has 1 aromatic rings. The van der Waals surface area contributed by atoms with Crippen molar-refractivity contribution in [2.24, 2.45) is 5.73 Å². The lowest BCUT2D eigenvalue weighted by Gasteiger charge is -2.31. The summed E-state index contributed by atoms with van der Waals surface area (Å²) >= 11 is 0. The second-order valence-electron chi connectivity index (χ2n) is 6.20. The number of aliphatic carboxylic acids is 1. The maximum absolute atomic E-state index is 11.9. The smallest absolute Gasteiger partial charge is 0.315 e. The molecule has 0 aliphatic carbocycles. The fraction of sp³-hybridized carbons (Fsp3) is 0.562. The predicted octanol–water partition coefficient (Wildman–Crippen LogP) is 2.32. The summed E-state index contributed by atoms with van der Waals surface area (Å²) in [4.78, 5) is 11.9. The van der Waals surface area contributed by atoms with E-state index in [4.69, 9.17) is 10.5 Å². The third-order valence-electron chi connectivity index (χ3n) is 4.21. The molecule has 0 aromatic heterocycles. The number of hydrogen-bond acceptors (Lipinski definition) is 3. The first-order valence-corrected chi connectivity index (χ1v) is 7.06. The SMILES string of the molecule is CC1(C)CCC(CC(CN)(C(=O)O)c2ccccc2)O1. The van der Waals surface area contributed by atoms with Gasteiger partial charge in [-0.1, -0.05) is 30.3 Å². The zero-order valence-electron chi connectivity index (χ0n) is 12.1. The zero-order valence-corrected chi connectivity index (χ0v) is 12.1. The third-order valence-corrected chi connectivity index (χ3v) is 4.21. The van der Waals surface area contributed by atoms with Crippen LogP contribution >= 0.6 is 0 Å². The first kappa shape index (κ1) is 15.0. The highest BCUT2D eigenvalue weighted by Gasteiger charge is 2.44. The molecule has 1 aliphatic heterocycles. The highest BCUT2D eigenvalue weighted by Crippen LogP contribution is 2.37. The molecule has 1 saturated heterocycles. The van der Waals surface area contributed by atoms with Crippen molar-refractivity contribution in [2.75, 3.05) is 6.54 Å². The summed E-state index contributed by atoms with van der Waals surface area (Å²) in [6.45, 7) is 4.16. The van der Waals surface area contributed by atoms with Crippen molar-refractivity contribution in [2.45, 2.75) is 50.2 Å². The van der Waals surface area contributed by atoms with E-state index in [0.717, 1.165) is 18.4 Å². The van der Waals surface area contributed by atoms with Gasteiger partial charge < -0.3 is 15.6 Å². The van der Waals surface area contributed by atoms with Crippen LogP contribution in [0.4, 0.5) is 0 Å². The van der Waals surface area contributed by atoms with Gasteiger partial charge in [0.05, 0.1) is 11.7 Å². The Morgan fingerprint density at radius 2 is 2.10 bits per heavy atom. The van der Waals surface area contributed by atoms with Crippen molar-refractivity contribution in [1.82, 2.24) is 0 Å². The van der Waals surface area contributed by atoms with Crippen molar-refractivity contribution in [3.8, 4) is 0 Å². The molecule has 4 heteroatoms. The second kappa shape index (κ2) is 5.54. The number of carboxylic acids is 1. The van der Waals surface area contributed by atoms with Crippen LogP contribution in [0.3, 0.4) is 0 Å². The van der Waals surface area contributed by atoms with Gasteiger partial charge in [0.1, 0.15) is 5.41 Å². The average Bonchev–Trinajstić information content (AvgIpc) is 2.76. The summed E-state index contributed by atoms with van der Waals surface area (Å²) in [5.74, 6) is -0.875. The van der Waals surface area contributed by atoms with Crippen LogP contribution in [0, 0.1) is 0 Å². The van der Waals surface area contributed by atoms with E-state index in [1.165, 1.54) is 0 Å². The van der Waals surface area contributed by atoms with E-state index in [2.05, 4.69) is 0 Å². The number of ether oxygens (including phenoxy) is 1. The van der Waals surface area contributed by atoms with Gasteiger partial charge in [-0.3, -0.25) is 4.79 Å². The molecule has 2 atom stereocenters. The molecule has 2 rings (SSSR count). The second-order valence-corrected chi connectivity index (χ2v) is 6.20. The number of hydrogen-bond donors (Lipinski definition) is 2. The van der Waals surface area contributed by atoms with E-state index in [-0.39, 0.29) is 18.2 Å². The maximum Gasteiger partial charge on any atom is 0.315 e. The van der Waals surface area contributed by atoms with Crippen molar-refractivity contribution in [1.29, 1.82) is 0 Å². The molecule has 0 bridgehead atoms. The lowest BCUT2D eigenvalue weighted by molar-refractivity contribution is -0.145. The molecule has 1 aliphatic rings. The Labute approximate surface area is 119 Å². The molecule has 1 fully saturated rings. The van der Waals surface area contributed by atoms with Crippen LogP contribution in [0.2, 0.25) is 0 Å². The Bertz CT molecular complexity index is 472. The number of carboxylic acid groups (broad SMARTS) is 1. The molecule has 0 radical (unpaired) electrons. The van der Waals surface area contributed by atoms with E-state index in [0.29, 0.717) is 6.42 Å². The maximum atomic E-state index is 11.9. The number of rotatable bonds is 5. The van der Waals surface area contributed by atoms with Crippen LogP contribution in [-0.4, -0.2) is 29.3 Å². The van der Waals surface area contributed by atoms with E-state index in [1.54, 1.807) is 0 Å². The first-order chi connectivity index (χ1) is 9.39. The molecule has 0 amide bonds. The number of benzene rings is 1. The number of carbonyl (C=O) groups is 1. The monoisotopic (exact) mass is 277 g/mol. The van der Waals surface area contributed by atoms with Crippen LogP contribution in [0.1, 0.15) is 38.7 Å². The summed E-state index contributed by atoms with van der Waals surface area (Å²) in [5.41, 5.74) is 5.37. The van der Waals surface area contributed by atoms with Gasteiger partial charge in [0.15, 0.2) is 0 Å². The summed E-state index contributed by atoms with van der Waals surface area (Å²) in [7, 11) is 0. The summed E-state index contributed by atoms with van der Waals surface area (Å²) in [5, 5.41) is 9.73. The molecule has 110 valence electrons. The highest BCUT2D eigenvalue weighted by molar-refractivity contribution is 5.81. The minimum atomic E-state index is -1.06. The Morgan fingerprint density at radius 3 is 2.55 bits per heavy atom. The minimum Gasteiger partial charge on any atom is -0.481 e. The van der Waals surface area contributed by atoms with Gasteiger partial charge in [0, 0.05) is 6.54 Å². The fourth-order valence-corrected chi connectivity index (χ4v) is 2.98. The molecule has 20 heavy (non-hydrogen) atoms. The van der Waals surface area contributed by atoms with Crippen LogP contribution in [0.15, 0.2) is 30.3 Å². The van der Waals surface area contributed by atoms with Crippen molar-refractivity contribution >= 4 is 5.97 Å². The lowest BCUT2D eigenvalue weighted by Crippen LogP contribution is -2.45. The minimum absolute atomic E-state index is 0.0511. The summed E-state index contributed by atoms with van der Waals surface area (Å²) in [6, 6.07) is 9.24. The zero-order chi connectivity index (χ0) is 14.8.